The van der Waals surface area contributed by atoms with Gasteiger partial charge in [-0.3, -0.25) is 0 Å². The highest BCUT2D eigenvalue weighted by Crippen LogP contribution is 2.48. The van der Waals surface area contributed by atoms with Crippen molar-refractivity contribution in [2.45, 2.75) is 65.2 Å². The number of benzene rings is 7. The second-order valence-corrected chi connectivity index (χ2v) is 12.5. The second-order valence-electron chi connectivity index (χ2n) is 12.5. The number of rotatable bonds is 12. The fraction of sp³-hybridized carbons (Fsp3) is 0.227. The zero-order valence-electron chi connectivity index (χ0n) is 27.0. The van der Waals surface area contributed by atoms with Gasteiger partial charge in [0, 0.05) is 32.3 Å². The molecule has 0 saturated carbocycles. The molecule has 0 fully saturated rings. The molecule has 0 amide bonds. The highest BCUT2D eigenvalue weighted by atomic mass is 16.5. The lowest BCUT2D eigenvalue weighted by Gasteiger charge is -2.20. The van der Waals surface area contributed by atoms with E-state index in [1.807, 2.05) is 0 Å². The summed E-state index contributed by atoms with van der Waals surface area (Å²) >= 11 is 0. The average molecular weight is 603 g/mol. The fourth-order valence-electron chi connectivity index (χ4n) is 6.72. The summed E-state index contributed by atoms with van der Waals surface area (Å²) in [5.41, 5.74) is 2.66. The third kappa shape index (κ3) is 6.05. The Morgan fingerprint density at radius 2 is 0.826 bits per heavy atom. The third-order valence-corrected chi connectivity index (χ3v) is 9.21. The van der Waals surface area contributed by atoms with Crippen LogP contribution in [-0.2, 0) is 12.8 Å². The first kappa shape index (κ1) is 29.9. The predicted molar refractivity (Wildman–Crippen MR) is 196 cm³/mol. The van der Waals surface area contributed by atoms with Crippen LogP contribution < -0.4 is 9.47 Å². The second kappa shape index (κ2) is 13.7. The first-order valence-electron chi connectivity index (χ1n) is 17.1. The molecule has 0 unspecified atom stereocenters. The molecule has 0 aliphatic rings. The van der Waals surface area contributed by atoms with E-state index in [4.69, 9.17) is 9.47 Å². The van der Waals surface area contributed by atoms with Crippen molar-refractivity contribution < 1.29 is 9.47 Å². The molecule has 0 aromatic heterocycles. The molecule has 0 saturated heterocycles. The maximum absolute atomic E-state index is 7.06. The standard InChI is InChI=1S/C44H42O2/c1-3-5-7-15-31-25-27-37-39(29-31)43(45-41-23-13-19-33-17-9-11-21-35(33)41)38-28-26-32(16-8-6-4-2)30-40(38)44(37)46-42-24-14-20-34-18-10-12-22-36(34)42/h9-14,17-30H,3-8,15-16H2,1-2H3. The Labute approximate surface area is 272 Å². The quantitative estimate of drug-likeness (QED) is 0.102. The number of ether oxygens (including phenoxy) is 2. The summed E-state index contributed by atoms with van der Waals surface area (Å²) in [6, 6.07) is 43.3. The monoisotopic (exact) mass is 602 g/mol. The Kier molecular flexibility index (Phi) is 8.87. The Hall–Kier alpha value is -4.82. The minimum absolute atomic E-state index is 0.867. The van der Waals surface area contributed by atoms with Crippen LogP contribution in [0.4, 0.5) is 0 Å². The summed E-state index contributed by atoms with van der Waals surface area (Å²) in [6.07, 6.45) is 9.31. The zero-order chi connectivity index (χ0) is 31.3. The lowest BCUT2D eigenvalue weighted by molar-refractivity contribution is 0.491. The van der Waals surface area contributed by atoms with Gasteiger partial charge in [0.05, 0.1) is 0 Å². The molecule has 46 heavy (non-hydrogen) atoms. The fourth-order valence-corrected chi connectivity index (χ4v) is 6.72. The van der Waals surface area contributed by atoms with E-state index in [2.05, 4.69) is 135 Å². The summed E-state index contributed by atoms with van der Waals surface area (Å²) in [5, 5.41) is 8.87. The zero-order valence-corrected chi connectivity index (χ0v) is 27.0. The van der Waals surface area contributed by atoms with Gasteiger partial charge < -0.3 is 9.47 Å². The van der Waals surface area contributed by atoms with E-state index >= 15 is 0 Å². The van der Waals surface area contributed by atoms with Crippen molar-refractivity contribution in [3.8, 4) is 23.0 Å². The Morgan fingerprint density at radius 3 is 1.28 bits per heavy atom. The summed E-state index contributed by atoms with van der Waals surface area (Å²) < 4.78 is 14.1. The van der Waals surface area contributed by atoms with Crippen LogP contribution in [-0.4, -0.2) is 0 Å². The van der Waals surface area contributed by atoms with Crippen molar-refractivity contribution in [3.05, 3.63) is 132 Å². The van der Waals surface area contributed by atoms with Gasteiger partial charge in [-0.1, -0.05) is 137 Å². The van der Waals surface area contributed by atoms with Gasteiger partial charge in [0.1, 0.15) is 23.0 Å². The van der Waals surface area contributed by atoms with Gasteiger partial charge >= 0.3 is 0 Å². The molecular formula is C44H42O2. The molecule has 0 heterocycles. The SMILES string of the molecule is CCCCCc1ccc2c(Oc3cccc4ccccc34)c3cc(CCCCC)ccc3c(Oc3cccc4ccccc34)c2c1. The van der Waals surface area contributed by atoms with E-state index < -0.39 is 0 Å². The average Bonchev–Trinajstić information content (AvgIpc) is 3.10. The molecule has 0 spiro atoms. The smallest absolute Gasteiger partial charge is 0.143 e. The van der Waals surface area contributed by atoms with Crippen LogP contribution in [0.3, 0.4) is 0 Å². The molecule has 2 nitrogen and oxygen atoms in total. The number of aryl methyl sites for hydroxylation is 2. The van der Waals surface area contributed by atoms with E-state index in [1.165, 1.54) is 60.4 Å². The lowest BCUT2D eigenvalue weighted by Crippen LogP contribution is -1.97. The van der Waals surface area contributed by atoms with Crippen molar-refractivity contribution >= 4 is 43.1 Å². The first-order chi connectivity index (χ1) is 22.7. The largest absolute Gasteiger partial charge is 0.455 e. The molecule has 2 heteroatoms. The maximum Gasteiger partial charge on any atom is 0.143 e. The molecule has 0 N–H and O–H groups in total. The molecule has 0 bridgehead atoms. The van der Waals surface area contributed by atoms with E-state index in [9.17, 15) is 0 Å². The van der Waals surface area contributed by atoms with E-state index in [0.717, 1.165) is 68.2 Å². The van der Waals surface area contributed by atoms with Gasteiger partial charge in [0.15, 0.2) is 0 Å². The number of unbranched alkanes of at least 4 members (excludes halogenated alkanes) is 4. The summed E-state index contributed by atoms with van der Waals surface area (Å²) in [7, 11) is 0. The minimum Gasteiger partial charge on any atom is -0.455 e. The van der Waals surface area contributed by atoms with Gasteiger partial charge in [-0.15, -0.1) is 0 Å². The Balaban J connectivity index is 1.48. The molecular weight excluding hydrogens is 560 g/mol. The van der Waals surface area contributed by atoms with Crippen LogP contribution in [0.15, 0.2) is 121 Å². The van der Waals surface area contributed by atoms with Crippen molar-refractivity contribution in [1.82, 2.24) is 0 Å². The van der Waals surface area contributed by atoms with Crippen molar-refractivity contribution in [1.29, 1.82) is 0 Å². The lowest BCUT2D eigenvalue weighted by atomic mass is 9.95. The van der Waals surface area contributed by atoms with Gasteiger partial charge in [-0.05, 0) is 71.8 Å². The normalized spacial score (nSPS) is 11.5. The molecule has 0 radical (unpaired) electrons. The highest BCUT2D eigenvalue weighted by Gasteiger charge is 2.20. The first-order valence-corrected chi connectivity index (χ1v) is 17.1. The van der Waals surface area contributed by atoms with Crippen LogP contribution in [0, 0.1) is 0 Å². The van der Waals surface area contributed by atoms with Crippen molar-refractivity contribution in [2.24, 2.45) is 0 Å². The Bertz CT molecular complexity index is 1980. The molecule has 0 aliphatic carbocycles. The summed E-state index contributed by atoms with van der Waals surface area (Å²) in [6.45, 7) is 4.52. The van der Waals surface area contributed by atoms with E-state index in [1.54, 1.807) is 0 Å². The third-order valence-electron chi connectivity index (χ3n) is 9.21. The molecule has 0 aliphatic heterocycles. The van der Waals surface area contributed by atoms with Crippen LogP contribution in [0.2, 0.25) is 0 Å². The maximum atomic E-state index is 7.06. The van der Waals surface area contributed by atoms with Crippen LogP contribution >= 0.6 is 0 Å². The topological polar surface area (TPSA) is 18.5 Å². The van der Waals surface area contributed by atoms with Crippen LogP contribution in [0.25, 0.3) is 43.1 Å². The molecule has 7 aromatic rings. The van der Waals surface area contributed by atoms with Crippen LogP contribution in [0.5, 0.6) is 23.0 Å². The van der Waals surface area contributed by atoms with Crippen LogP contribution in [0.1, 0.15) is 63.5 Å². The van der Waals surface area contributed by atoms with Gasteiger partial charge in [-0.25, -0.2) is 0 Å². The summed E-state index contributed by atoms with van der Waals surface area (Å²) in [4.78, 5) is 0. The van der Waals surface area contributed by atoms with Crippen molar-refractivity contribution in [3.63, 3.8) is 0 Å². The van der Waals surface area contributed by atoms with Gasteiger partial charge in [0.2, 0.25) is 0 Å². The number of hydrogen-bond acceptors (Lipinski definition) is 2. The Morgan fingerprint density at radius 1 is 0.391 bits per heavy atom. The minimum atomic E-state index is 0.867. The molecule has 230 valence electrons. The number of fused-ring (bicyclic) bond motifs is 4. The number of hydrogen-bond donors (Lipinski definition) is 0. The molecule has 7 aromatic carbocycles. The summed E-state index contributed by atoms with van der Waals surface area (Å²) in [5.74, 6) is 3.52. The van der Waals surface area contributed by atoms with Gasteiger partial charge in [-0.2, -0.15) is 0 Å². The van der Waals surface area contributed by atoms with E-state index in [0.29, 0.717) is 0 Å². The molecule has 0 atom stereocenters. The van der Waals surface area contributed by atoms with Gasteiger partial charge in [0.25, 0.3) is 0 Å². The molecule has 7 rings (SSSR count). The van der Waals surface area contributed by atoms with E-state index in [-0.39, 0.29) is 0 Å². The predicted octanol–water partition coefficient (Wildman–Crippen LogP) is 13.3. The highest BCUT2D eigenvalue weighted by molar-refractivity contribution is 6.12. The van der Waals surface area contributed by atoms with Crippen molar-refractivity contribution in [2.75, 3.05) is 0 Å².